The molecule has 0 radical (unpaired) electrons. The molecule has 2 heterocycles. The number of amides is 1. The number of methoxy groups -OCH3 is 1. The van der Waals surface area contributed by atoms with Crippen LogP contribution in [0.1, 0.15) is 6.42 Å². The highest BCUT2D eigenvalue weighted by Crippen LogP contribution is 2.32. The molecule has 1 amide bonds. The Morgan fingerprint density at radius 3 is 2.67 bits per heavy atom. The van der Waals surface area contributed by atoms with E-state index in [1.54, 1.807) is 25.4 Å². The molecule has 0 spiro atoms. The van der Waals surface area contributed by atoms with Gasteiger partial charge in [0, 0.05) is 23.4 Å². The number of hydrogen-bond acceptors (Lipinski definition) is 5. The molecule has 2 atom stereocenters. The first-order valence-corrected chi connectivity index (χ1v) is 7.32. The van der Waals surface area contributed by atoms with Crippen molar-refractivity contribution in [3.63, 3.8) is 0 Å². The molecule has 0 bridgehead atoms. The van der Waals surface area contributed by atoms with Gasteiger partial charge >= 0.3 is 12.1 Å². The average Bonchev–Trinajstić information content (AvgIpc) is 2.99. The number of rotatable bonds is 4. The van der Waals surface area contributed by atoms with Crippen molar-refractivity contribution in [2.45, 2.75) is 18.6 Å². The maximum absolute atomic E-state index is 11.2. The normalized spacial score (nSPS) is 20.1. The predicted molar refractivity (Wildman–Crippen MR) is 83.5 cm³/mol. The number of pyridine rings is 1. The lowest BCUT2D eigenvalue weighted by Gasteiger charge is -2.17. The topological polar surface area (TPSA) is 109 Å². The fraction of sp³-hybridized carbons (Fsp3) is 0.312. The number of carbonyl (C=O) groups is 2. The Morgan fingerprint density at radius 1 is 1.25 bits per heavy atom. The molecular formula is C16H16N2O6. The molecule has 8 nitrogen and oxygen atoms in total. The van der Waals surface area contributed by atoms with Gasteiger partial charge in [-0.3, -0.25) is 4.90 Å². The van der Waals surface area contributed by atoms with E-state index in [1.807, 2.05) is 12.1 Å². The minimum absolute atomic E-state index is 0.0195. The molecule has 2 N–H and O–H groups in total. The van der Waals surface area contributed by atoms with Crippen LogP contribution in [0.2, 0.25) is 0 Å². The van der Waals surface area contributed by atoms with Crippen molar-refractivity contribution in [1.29, 1.82) is 0 Å². The van der Waals surface area contributed by atoms with Crippen LogP contribution in [0.15, 0.2) is 30.5 Å². The molecule has 126 valence electrons. The van der Waals surface area contributed by atoms with E-state index in [-0.39, 0.29) is 13.0 Å². The van der Waals surface area contributed by atoms with Gasteiger partial charge in [-0.25, -0.2) is 14.6 Å². The first-order valence-electron chi connectivity index (χ1n) is 7.32. The van der Waals surface area contributed by atoms with Crippen molar-refractivity contribution in [2.75, 3.05) is 13.7 Å². The number of carboxylic acid groups (broad SMARTS) is 2. The lowest BCUT2D eigenvalue weighted by Crippen LogP contribution is -2.39. The highest BCUT2D eigenvalue weighted by molar-refractivity contribution is 5.91. The van der Waals surface area contributed by atoms with E-state index >= 15 is 0 Å². The lowest BCUT2D eigenvalue weighted by molar-refractivity contribution is -0.141. The molecule has 8 heteroatoms. The van der Waals surface area contributed by atoms with Crippen LogP contribution < -0.4 is 9.47 Å². The quantitative estimate of drug-likeness (QED) is 0.879. The second-order valence-corrected chi connectivity index (χ2v) is 5.44. The number of likely N-dealkylation sites (tertiary alicyclic amines) is 1. The maximum atomic E-state index is 11.2. The minimum Gasteiger partial charge on any atom is -0.496 e. The summed E-state index contributed by atoms with van der Waals surface area (Å²) in [5, 5.41) is 19.8. The van der Waals surface area contributed by atoms with Crippen LogP contribution in [0, 0.1) is 0 Å². The zero-order chi connectivity index (χ0) is 17.3. The number of fused-ring (bicyclic) bond motifs is 1. The number of nitrogens with zero attached hydrogens (tertiary/aromatic N) is 2. The summed E-state index contributed by atoms with van der Waals surface area (Å²) in [6.07, 6.45) is -0.213. The molecule has 1 fully saturated rings. The summed E-state index contributed by atoms with van der Waals surface area (Å²) in [4.78, 5) is 27.5. The molecule has 1 aliphatic rings. The summed E-state index contributed by atoms with van der Waals surface area (Å²) in [6.45, 7) is -0.0195. The van der Waals surface area contributed by atoms with Crippen molar-refractivity contribution in [1.82, 2.24) is 9.88 Å². The van der Waals surface area contributed by atoms with Crippen molar-refractivity contribution >= 4 is 22.8 Å². The molecule has 0 aliphatic carbocycles. The number of ether oxygens (including phenoxy) is 2. The highest BCUT2D eigenvalue weighted by atomic mass is 16.5. The maximum Gasteiger partial charge on any atom is 0.408 e. The Hall–Kier alpha value is -3.03. The Bertz CT molecular complexity index is 771. The van der Waals surface area contributed by atoms with Crippen LogP contribution in [0.4, 0.5) is 4.79 Å². The third kappa shape index (κ3) is 2.78. The largest absolute Gasteiger partial charge is 0.496 e. The first-order chi connectivity index (χ1) is 11.5. The molecule has 2 unspecified atom stereocenters. The zero-order valence-electron chi connectivity index (χ0n) is 12.9. The van der Waals surface area contributed by atoms with Crippen molar-refractivity contribution in [2.24, 2.45) is 0 Å². The summed E-state index contributed by atoms with van der Waals surface area (Å²) in [7, 11) is 1.56. The molecule has 3 rings (SSSR count). The smallest absolute Gasteiger partial charge is 0.408 e. The van der Waals surface area contributed by atoms with Gasteiger partial charge in [-0.2, -0.15) is 0 Å². The van der Waals surface area contributed by atoms with E-state index < -0.39 is 24.2 Å². The van der Waals surface area contributed by atoms with E-state index in [2.05, 4.69) is 4.98 Å². The monoisotopic (exact) mass is 332 g/mol. The van der Waals surface area contributed by atoms with Gasteiger partial charge in [-0.15, -0.1) is 0 Å². The van der Waals surface area contributed by atoms with Gasteiger partial charge in [-0.1, -0.05) is 6.07 Å². The summed E-state index contributed by atoms with van der Waals surface area (Å²) in [5.41, 5.74) is 0. The Balaban J connectivity index is 1.88. The second-order valence-electron chi connectivity index (χ2n) is 5.44. The van der Waals surface area contributed by atoms with Gasteiger partial charge in [0.05, 0.1) is 13.7 Å². The van der Waals surface area contributed by atoms with Crippen molar-refractivity contribution in [3.8, 4) is 11.6 Å². The van der Waals surface area contributed by atoms with Gasteiger partial charge in [0.25, 0.3) is 0 Å². The van der Waals surface area contributed by atoms with Gasteiger partial charge in [0.15, 0.2) is 0 Å². The highest BCUT2D eigenvalue weighted by Gasteiger charge is 2.41. The average molecular weight is 332 g/mol. The van der Waals surface area contributed by atoms with Crippen LogP contribution in [-0.2, 0) is 4.79 Å². The van der Waals surface area contributed by atoms with Crippen molar-refractivity contribution in [3.05, 3.63) is 30.5 Å². The van der Waals surface area contributed by atoms with Gasteiger partial charge < -0.3 is 19.7 Å². The first kappa shape index (κ1) is 15.9. The van der Waals surface area contributed by atoms with Crippen LogP contribution >= 0.6 is 0 Å². The Morgan fingerprint density at radius 2 is 2.04 bits per heavy atom. The second kappa shape index (κ2) is 6.23. The lowest BCUT2D eigenvalue weighted by atomic mass is 10.1. The molecule has 24 heavy (non-hydrogen) atoms. The molecule has 0 saturated carbocycles. The van der Waals surface area contributed by atoms with E-state index in [1.165, 1.54) is 0 Å². The number of aliphatic carboxylic acids is 1. The van der Waals surface area contributed by atoms with E-state index in [9.17, 15) is 9.59 Å². The number of carboxylic acids is 1. The van der Waals surface area contributed by atoms with Crippen molar-refractivity contribution < 1.29 is 29.3 Å². The van der Waals surface area contributed by atoms with Gasteiger partial charge in [0.1, 0.15) is 17.9 Å². The molecular weight excluding hydrogens is 316 g/mol. The SMILES string of the molecule is COc1cccc2c(OC3CC(C(=O)O)N(C(=O)O)C3)nccc12. The summed E-state index contributed by atoms with van der Waals surface area (Å²) in [6, 6.07) is 6.11. The molecule has 1 aliphatic heterocycles. The molecule has 1 aromatic carbocycles. The molecule has 2 aromatic rings. The summed E-state index contributed by atoms with van der Waals surface area (Å²) >= 11 is 0. The van der Waals surface area contributed by atoms with Crippen LogP contribution in [0.25, 0.3) is 10.8 Å². The van der Waals surface area contributed by atoms with Gasteiger partial charge in [-0.05, 0) is 18.2 Å². The number of benzene rings is 1. The Labute approximate surface area is 137 Å². The van der Waals surface area contributed by atoms with E-state index in [0.717, 1.165) is 15.7 Å². The van der Waals surface area contributed by atoms with Crippen LogP contribution in [0.3, 0.4) is 0 Å². The van der Waals surface area contributed by atoms with E-state index in [4.69, 9.17) is 19.7 Å². The minimum atomic E-state index is -1.28. The zero-order valence-corrected chi connectivity index (χ0v) is 12.9. The third-order valence-electron chi connectivity index (χ3n) is 4.02. The fourth-order valence-electron chi connectivity index (χ4n) is 2.91. The Kier molecular flexibility index (Phi) is 4.11. The fourth-order valence-corrected chi connectivity index (χ4v) is 2.91. The third-order valence-corrected chi connectivity index (χ3v) is 4.02. The molecule has 1 saturated heterocycles. The summed E-state index contributed by atoms with van der Waals surface area (Å²) < 4.78 is 11.1. The number of aromatic nitrogens is 1. The molecule has 1 aromatic heterocycles. The van der Waals surface area contributed by atoms with Gasteiger partial charge in [0.2, 0.25) is 5.88 Å². The number of hydrogen-bond donors (Lipinski definition) is 2. The van der Waals surface area contributed by atoms with Crippen LogP contribution in [0.5, 0.6) is 11.6 Å². The predicted octanol–water partition coefficient (Wildman–Crippen LogP) is 1.83. The van der Waals surface area contributed by atoms with E-state index in [0.29, 0.717) is 11.6 Å². The standard InChI is InChI=1S/C16H16N2O6/c1-23-13-4-2-3-11-10(13)5-6-17-14(11)24-9-7-12(15(19)20)18(8-9)16(21)22/h2-6,9,12H,7-8H2,1H3,(H,19,20)(H,21,22). The summed E-state index contributed by atoms with van der Waals surface area (Å²) in [5.74, 6) is -0.189. The van der Waals surface area contributed by atoms with Crippen LogP contribution in [-0.4, -0.2) is 58.0 Å².